The molecule has 0 heterocycles. The molecule has 1 unspecified atom stereocenters. The molecule has 0 aliphatic rings. The average Bonchev–Trinajstić information content (AvgIpc) is 2.56. The third-order valence-corrected chi connectivity index (χ3v) is 7.33. The lowest BCUT2D eigenvalue weighted by Gasteiger charge is -2.31. The molecule has 0 fully saturated rings. The molecule has 2 aromatic rings. The highest BCUT2D eigenvalue weighted by atomic mass is 28.4. The lowest BCUT2D eigenvalue weighted by Crippen LogP contribution is -2.59. The lowest BCUT2D eigenvalue weighted by atomic mass is 10.3. The van der Waals surface area contributed by atoms with E-state index in [1.165, 1.54) is 10.4 Å². The van der Waals surface area contributed by atoms with Gasteiger partial charge in [-0.3, -0.25) is 0 Å². The molecule has 0 saturated heterocycles. The smallest absolute Gasteiger partial charge is 0.254 e. The van der Waals surface area contributed by atoms with Crippen LogP contribution in [0.25, 0.3) is 0 Å². The van der Waals surface area contributed by atoms with E-state index in [4.69, 9.17) is 4.43 Å². The van der Waals surface area contributed by atoms with Crippen LogP contribution in [-0.2, 0) is 4.43 Å². The van der Waals surface area contributed by atoms with Crippen LogP contribution in [0.15, 0.2) is 60.7 Å². The van der Waals surface area contributed by atoms with E-state index in [0.717, 1.165) is 6.42 Å². The van der Waals surface area contributed by atoms with Gasteiger partial charge in [0.25, 0.3) is 8.32 Å². The van der Waals surface area contributed by atoms with Gasteiger partial charge in [0.1, 0.15) is 6.10 Å². The Morgan fingerprint density at radius 1 is 0.952 bits per heavy atom. The van der Waals surface area contributed by atoms with E-state index in [1.807, 2.05) is 19.1 Å². The van der Waals surface area contributed by atoms with E-state index in [0.29, 0.717) is 0 Å². The van der Waals surface area contributed by atoms with Crippen molar-refractivity contribution in [2.24, 2.45) is 0 Å². The zero-order valence-electron chi connectivity index (χ0n) is 13.0. The summed E-state index contributed by atoms with van der Waals surface area (Å²) in [6.07, 6.45) is 0.899. The first-order valence-corrected chi connectivity index (χ1v) is 9.82. The highest BCUT2D eigenvalue weighted by molar-refractivity contribution is 6.96. The molecule has 108 valence electrons. The molecule has 0 N–H and O–H groups in total. The van der Waals surface area contributed by atoms with Gasteiger partial charge in [-0.25, -0.2) is 0 Å². The van der Waals surface area contributed by atoms with Crippen molar-refractivity contribution in [3.8, 4) is 11.8 Å². The standard InChI is InChI=1S/C19H22OSi/c1-4-12-17(5-2)20-21(3,18-13-8-6-9-14-18)19-15-10-7-11-16-19/h6-11,13-17H,5H2,1-3H3. The third kappa shape index (κ3) is 3.63. The SMILES string of the molecule is CC#CC(CC)O[Si](C)(c1ccccc1)c1ccccc1. The van der Waals surface area contributed by atoms with Crippen LogP contribution in [0.1, 0.15) is 20.3 Å². The second kappa shape index (κ2) is 7.26. The summed E-state index contributed by atoms with van der Waals surface area (Å²) in [4.78, 5) is 0. The van der Waals surface area contributed by atoms with E-state index in [2.05, 4.69) is 73.8 Å². The maximum absolute atomic E-state index is 6.57. The highest BCUT2D eigenvalue weighted by Gasteiger charge is 2.35. The Morgan fingerprint density at radius 3 is 1.81 bits per heavy atom. The molecule has 0 bridgehead atoms. The average molecular weight is 294 g/mol. The van der Waals surface area contributed by atoms with Crippen molar-refractivity contribution < 1.29 is 4.43 Å². The van der Waals surface area contributed by atoms with Crippen molar-refractivity contribution in [1.29, 1.82) is 0 Å². The molecule has 0 radical (unpaired) electrons. The van der Waals surface area contributed by atoms with Gasteiger partial charge in [-0.15, -0.1) is 5.92 Å². The summed E-state index contributed by atoms with van der Waals surface area (Å²) in [5, 5.41) is 2.57. The van der Waals surface area contributed by atoms with Crippen molar-refractivity contribution in [2.75, 3.05) is 0 Å². The first-order valence-electron chi connectivity index (χ1n) is 7.42. The minimum Gasteiger partial charge on any atom is -0.395 e. The summed E-state index contributed by atoms with van der Waals surface area (Å²) >= 11 is 0. The summed E-state index contributed by atoms with van der Waals surface area (Å²) in [6.45, 7) is 6.26. The molecule has 2 heteroatoms. The molecular formula is C19H22OSi. The molecule has 0 aliphatic heterocycles. The van der Waals surface area contributed by atoms with E-state index in [1.54, 1.807) is 0 Å². The molecule has 2 rings (SSSR count). The van der Waals surface area contributed by atoms with Gasteiger partial charge >= 0.3 is 0 Å². The van der Waals surface area contributed by atoms with Crippen LogP contribution in [0.4, 0.5) is 0 Å². The van der Waals surface area contributed by atoms with Crippen LogP contribution in [0.5, 0.6) is 0 Å². The molecule has 0 spiro atoms. The number of benzene rings is 2. The van der Waals surface area contributed by atoms with E-state index >= 15 is 0 Å². The third-order valence-electron chi connectivity index (χ3n) is 3.70. The Bertz CT molecular complexity index is 571. The van der Waals surface area contributed by atoms with Crippen molar-refractivity contribution in [3.05, 3.63) is 60.7 Å². The van der Waals surface area contributed by atoms with Crippen molar-refractivity contribution in [2.45, 2.75) is 32.9 Å². The molecule has 0 aromatic heterocycles. The summed E-state index contributed by atoms with van der Waals surface area (Å²) < 4.78 is 6.57. The highest BCUT2D eigenvalue weighted by Crippen LogP contribution is 2.12. The first kappa shape index (κ1) is 15.6. The Balaban J connectivity index is 2.46. The molecule has 21 heavy (non-hydrogen) atoms. The van der Waals surface area contributed by atoms with Crippen molar-refractivity contribution in [1.82, 2.24) is 0 Å². The fourth-order valence-corrected chi connectivity index (χ4v) is 5.53. The van der Waals surface area contributed by atoms with E-state index in [9.17, 15) is 0 Å². The molecule has 2 aromatic carbocycles. The monoisotopic (exact) mass is 294 g/mol. The minimum absolute atomic E-state index is 0.00733. The van der Waals surface area contributed by atoms with Crippen LogP contribution < -0.4 is 10.4 Å². The maximum Gasteiger partial charge on any atom is 0.254 e. The van der Waals surface area contributed by atoms with Gasteiger partial charge in [0, 0.05) is 0 Å². The normalized spacial score (nSPS) is 12.3. The summed E-state index contributed by atoms with van der Waals surface area (Å²) in [5.41, 5.74) is 0. The van der Waals surface area contributed by atoms with Gasteiger partial charge in [-0.1, -0.05) is 73.5 Å². The summed E-state index contributed by atoms with van der Waals surface area (Å²) in [7, 11) is -2.23. The molecule has 1 nitrogen and oxygen atoms in total. The van der Waals surface area contributed by atoms with Crippen LogP contribution >= 0.6 is 0 Å². The fourth-order valence-electron chi connectivity index (χ4n) is 2.48. The van der Waals surface area contributed by atoms with Crippen LogP contribution in [0.3, 0.4) is 0 Å². The predicted octanol–water partition coefficient (Wildman–Crippen LogP) is 3.19. The molecule has 1 atom stereocenters. The Labute approximate surface area is 129 Å². The van der Waals surface area contributed by atoms with Gasteiger partial charge < -0.3 is 4.43 Å². The quantitative estimate of drug-likeness (QED) is 0.608. The zero-order chi connectivity index (χ0) is 15.1. The van der Waals surface area contributed by atoms with Crippen molar-refractivity contribution in [3.63, 3.8) is 0 Å². The number of hydrogen-bond acceptors (Lipinski definition) is 1. The number of rotatable bonds is 5. The number of hydrogen-bond donors (Lipinski definition) is 0. The van der Waals surface area contributed by atoms with Crippen molar-refractivity contribution >= 4 is 18.7 Å². The molecule has 0 saturated carbocycles. The van der Waals surface area contributed by atoms with Gasteiger partial charge in [-0.05, 0) is 30.3 Å². The zero-order valence-corrected chi connectivity index (χ0v) is 14.0. The van der Waals surface area contributed by atoms with Crippen LogP contribution in [0.2, 0.25) is 6.55 Å². The second-order valence-electron chi connectivity index (χ2n) is 5.17. The molecule has 0 aliphatic carbocycles. The van der Waals surface area contributed by atoms with Crippen LogP contribution in [0, 0.1) is 11.8 Å². The minimum atomic E-state index is -2.23. The van der Waals surface area contributed by atoms with E-state index in [-0.39, 0.29) is 6.10 Å². The maximum atomic E-state index is 6.57. The van der Waals surface area contributed by atoms with Crippen LogP contribution in [-0.4, -0.2) is 14.4 Å². The van der Waals surface area contributed by atoms with Gasteiger partial charge in [0.2, 0.25) is 0 Å². The Hall–Kier alpha value is -1.82. The fraction of sp³-hybridized carbons (Fsp3) is 0.263. The first-order chi connectivity index (χ1) is 10.2. The largest absolute Gasteiger partial charge is 0.395 e. The second-order valence-corrected chi connectivity index (χ2v) is 8.63. The summed E-state index contributed by atoms with van der Waals surface area (Å²) in [6, 6.07) is 21.1. The van der Waals surface area contributed by atoms with Gasteiger partial charge in [0.05, 0.1) is 0 Å². The molecule has 0 amide bonds. The van der Waals surface area contributed by atoms with E-state index < -0.39 is 8.32 Å². The lowest BCUT2D eigenvalue weighted by molar-refractivity contribution is 0.254. The van der Waals surface area contributed by atoms with Gasteiger partial charge in [0.15, 0.2) is 0 Å². The Morgan fingerprint density at radius 2 is 1.43 bits per heavy atom. The summed E-state index contributed by atoms with van der Waals surface area (Å²) in [5.74, 6) is 6.18. The topological polar surface area (TPSA) is 9.23 Å². The van der Waals surface area contributed by atoms with Gasteiger partial charge in [-0.2, -0.15) is 0 Å². The Kier molecular flexibility index (Phi) is 5.38. The predicted molar refractivity (Wildman–Crippen MR) is 92.4 cm³/mol. The molecular weight excluding hydrogens is 272 g/mol.